The summed E-state index contributed by atoms with van der Waals surface area (Å²) in [6, 6.07) is 7.54. The number of aromatic nitrogens is 1. The second kappa shape index (κ2) is 17.1. The fourth-order valence-corrected chi connectivity index (χ4v) is 5.67. The maximum absolute atomic E-state index is 13.1. The van der Waals surface area contributed by atoms with Crippen molar-refractivity contribution >= 4 is 35.2 Å². The first-order valence-corrected chi connectivity index (χ1v) is 16.2. The molecule has 0 radical (unpaired) electrons. The average molecular weight is 667 g/mol. The van der Waals surface area contributed by atoms with E-state index in [2.05, 4.69) is 31.5 Å². The summed E-state index contributed by atoms with van der Waals surface area (Å²) in [6.45, 7) is 9.31. The molecule has 0 spiro atoms. The number of pyridine rings is 1. The van der Waals surface area contributed by atoms with E-state index in [9.17, 15) is 24.0 Å². The number of fused-ring (bicyclic) bond motifs is 1. The number of nitrogens with one attached hydrogen (secondary N) is 2. The van der Waals surface area contributed by atoms with Crippen LogP contribution in [0, 0.1) is 6.92 Å². The van der Waals surface area contributed by atoms with E-state index in [1.807, 2.05) is 19.2 Å². The van der Waals surface area contributed by atoms with Gasteiger partial charge in [0.25, 0.3) is 17.7 Å². The number of ether oxygens (including phenoxy) is 4. The number of amides is 5. The highest BCUT2D eigenvalue weighted by Gasteiger charge is 2.46. The molecule has 15 nitrogen and oxygen atoms in total. The molecule has 3 aliphatic heterocycles. The number of rotatable bonds is 17. The van der Waals surface area contributed by atoms with E-state index in [4.69, 9.17) is 18.9 Å². The zero-order valence-corrected chi connectivity index (χ0v) is 27.1. The minimum absolute atomic E-state index is 0.0144. The lowest BCUT2D eigenvalue weighted by Gasteiger charge is -2.35. The predicted molar refractivity (Wildman–Crippen MR) is 172 cm³/mol. The van der Waals surface area contributed by atoms with Gasteiger partial charge in [-0.1, -0.05) is 6.07 Å². The molecule has 3 aliphatic rings. The lowest BCUT2D eigenvalue weighted by atomic mass is 10.0. The van der Waals surface area contributed by atoms with Crippen molar-refractivity contribution in [2.75, 3.05) is 90.4 Å². The van der Waals surface area contributed by atoms with Crippen molar-refractivity contribution in [3.05, 3.63) is 53.3 Å². The Hall–Kier alpha value is -4.44. The molecule has 1 aromatic carbocycles. The number of piperazine rings is 1. The highest BCUT2D eigenvalue weighted by atomic mass is 16.5. The van der Waals surface area contributed by atoms with Gasteiger partial charge in [0.15, 0.2) is 6.61 Å². The summed E-state index contributed by atoms with van der Waals surface area (Å²) >= 11 is 0. The topological polar surface area (TPSA) is 169 Å². The van der Waals surface area contributed by atoms with E-state index in [0.29, 0.717) is 33.0 Å². The van der Waals surface area contributed by atoms with Gasteiger partial charge in [0, 0.05) is 51.4 Å². The maximum atomic E-state index is 13.1. The third-order valence-corrected chi connectivity index (χ3v) is 8.29. The van der Waals surface area contributed by atoms with Crippen LogP contribution in [0.3, 0.4) is 0 Å². The Morgan fingerprint density at radius 1 is 0.917 bits per heavy atom. The monoisotopic (exact) mass is 666 g/mol. The second-order valence-electron chi connectivity index (χ2n) is 11.6. The highest BCUT2D eigenvalue weighted by molar-refractivity contribution is 6.24. The smallest absolute Gasteiger partial charge is 0.266 e. The second-order valence-corrected chi connectivity index (χ2v) is 11.6. The number of carbonyl (C=O) groups excluding carboxylic acids is 5. The van der Waals surface area contributed by atoms with Crippen LogP contribution >= 0.6 is 0 Å². The molecule has 2 aromatic rings. The molecule has 2 N–H and O–H groups in total. The number of hydrogen-bond donors (Lipinski definition) is 2. The van der Waals surface area contributed by atoms with Crippen molar-refractivity contribution in [2.45, 2.75) is 25.8 Å². The standard InChI is InChI=1S/C33H42N6O9/c1-23-5-6-24(21-35-23)38-12-10-37(11-13-38)14-16-46-18-20-47-19-17-45-15-9-34-29(41)22-48-27-4-2-3-25-30(27)33(44)39(32(25)43)26-7-8-28(40)36-31(26)42/h2-6,21,26H,7-20,22H2,1H3,(H,34,41)(H,36,40,42). The van der Waals surface area contributed by atoms with Gasteiger partial charge in [0.1, 0.15) is 11.8 Å². The van der Waals surface area contributed by atoms with Crippen LogP contribution in [0.1, 0.15) is 39.3 Å². The number of carbonyl (C=O) groups is 5. The lowest BCUT2D eigenvalue weighted by molar-refractivity contribution is -0.136. The summed E-state index contributed by atoms with van der Waals surface area (Å²) in [4.78, 5) is 72.1. The summed E-state index contributed by atoms with van der Waals surface area (Å²) in [7, 11) is 0. The molecule has 1 aromatic heterocycles. The van der Waals surface area contributed by atoms with E-state index < -0.39 is 35.6 Å². The van der Waals surface area contributed by atoms with Crippen LogP contribution in [-0.4, -0.2) is 136 Å². The molecule has 48 heavy (non-hydrogen) atoms. The minimum Gasteiger partial charge on any atom is -0.483 e. The van der Waals surface area contributed by atoms with Crippen molar-refractivity contribution < 1.29 is 42.9 Å². The molecule has 0 bridgehead atoms. The Balaban J connectivity index is 0.873. The summed E-state index contributed by atoms with van der Waals surface area (Å²) in [5, 5.41) is 4.83. The Morgan fingerprint density at radius 2 is 1.65 bits per heavy atom. The fourth-order valence-electron chi connectivity index (χ4n) is 5.67. The zero-order valence-electron chi connectivity index (χ0n) is 27.1. The Labute approximate surface area is 278 Å². The zero-order chi connectivity index (χ0) is 33.9. The summed E-state index contributed by atoms with van der Waals surface area (Å²) in [5.41, 5.74) is 2.25. The van der Waals surface area contributed by atoms with Gasteiger partial charge in [0.05, 0.1) is 62.7 Å². The number of piperidine rings is 1. The molecular formula is C33H42N6O9. The Bertz CT molecular complexity index is 1460. The average Bonchev–Trinajstić information content (AvgIpc) is 3.34. The maximum Gasteiger partial charge on any atom is 0.266 e. The number of benzene rings is 1. The van der Waals surface area contributed by atoms with E-state index in [0.717, 1.165) is 43.3 Å². The number of nitrogens with zero attached hydrogens (tertiary/aromatic N) is 4. The SMILES string of the molecule is Cc1ccc(N2CCN(CCOCCOCCOCCNC(=O)COc3cccc4c3C(=O)N(C3CCC(=O)NC3=O)C4=O)CC2)cn1. The van der Waals surface area contributed by atoms with E-state index >= 15 is 0 Å². The van der Waals surface area contributed by atoms with Gasteiger partial charge in [-0.3, -0.25) is 44.1 Å². The van der Waals surface area contributed by atoms with Crippen molar-refractivity contribution in [3.8, 4) is 5.75 Å². The van der Waals surface area contributed by atoms with E-state index in [1.54, 1.807) is 0 Å². The third-order valence-electron chi connectivity index (χ3n) is 8.29. The van der Waals surface area contributed by atoms with Crippen molar-refractivity contribution in [2.24, 2.45) is 0 Å². The molecule has 5 rings (SSSR count). The van der Waals surface area contributed by atoms with Gasteiger partial charge in [-0.2, -0.15) is 0 Å². The quantitative estimate of drug-likeness (QED) is 0.174. The van der Waals surface area contributed by atoms with E-state index in [1.165, 1.54) is 23.9 Å². The van der Waals surface area contributed by atoms with E-state index in [-0.39, 0.29) is 49.5 Å². The van der Waals surface area contributed by atoms with Crippen LogP contribution in [-0.2, 0) is 28.6 Å². The van der Waals surface area contributed by atoms with Crippen LogP contribution < -0.4 is 20.3 Å². The molecule has 15 heteroatoms. The van der Waals surface area contributed by atoms with Crippen LogP contribution in [0.25, 0.3) is 0 Å². The lowest BCUT2D eigenvalue weighted by Crippen LogP contribution is -2.54. The minimum atomic E-state index is -1.09. The molecule has 258 valence electrons. The van der Waals surface area contributed by atoms with Gasteiger partial charge in [0.2, 0.25) is 11.8 Å². The van der Waals surface area contributed by atoms with Crippen LogP contribution in [0.5, 0.6) is 5.75 Å². The summed E-state index contributed by atoms with van der Waals surface area (Å²) in [6.07, 6.45) is 2.00. The third kappa shape index (κ3) is 9.13. The number of hydrogen-bond acceptors (Lipinski definition) is 12. The van der Waals surface area contributed by atoms with Gasteiger partial charge in [-0.25, -0.2) is 0 Å². The molecule has 0 aliphatic carbocycles. The molecule has 2 fully saturated rings. The predicted octanol–water partition coefficient (Wildman–Crippen LogP) is 0.158. The first kappa shape index (κ1) is 34.9. The summed E-state index contributed by atoms with van der Waals surface area (Å²) < 4.78 is 22.3. The van der Waals surface area contributed by atoms with Crippen molar-refractivity contribution in [3.63, 3.8) is 0 Å². The van der Waals surface area contributed by atoms with Crippen LogP contribution in [0.15, 0.2) is 36.5 Å². The number of imide groups is 2. The van der Waals surface area contributed by atoms with Gasteiger partial charge in [-0.05, 0) is 37.6 Å². The van der Waals surface area contributed by atoms with Gasteiger partial charge in [-0.15, -0.1) is 0 Å². The molecule has 2 saturated heterocycles. The molecule has 1 unspecified atom stereocenters. The normalized spacial score (nSPS) is 18.2. The summed E-state index contributed by atoms with van der Waals surface area (Å²) in [5.74, 6) is -2.88. The van der Waals surface area contributed by atoms with Crippen molar-refractivity contribution in [1.82, 2.24) is 25.4 Å². The van der Waals surface area contributed by atoms with Gasteiger partial charge < -0.3 is 29.2 Å². The number of anilines is 1. The molecule has 4 heterocycles. The number of aryl methyl sites for hydroxylation is 1. The van der Waals surface area contributed by atoms with Crippen molar-refractivity contribution in [1.29, 1.82) is 0 Å². The van der Waals surface area contributed by atoms with Crippen LogP contribution in [0.2, 0.25) is 0 Å². The first-order chi connectivity index (χ1) is 23.3. The largest absolute Gasteiger partial charge is 0.483 e. The highest BCUT2D eigenvalue weighted by Crippen LogP contribution is 2.33. The molecule has 1 atom stereocenters. The molecular weight excluding hydrogens is 624 g/mol. The van der Waals surface area contributed by atoms with Crippen LogP contribution in [0.4, 0.5) is 5.69 Å². The van der Waals surface area contributed by atoms with Gasteiger partial charge >= 0.3 is 0 Å². The molecule has 5 amide bonds. The Morgan fingerprint density at radius 3 is 2.35 bits per heavy atom. The molecule has 0 saturated carbocycles. The first-order valence-electron chi connectivity index (χ1n) is 16.2. The fraction of sp³-hybridized carbons (Fsp3) is 0.515. The Kier molecular flexibility index (Phi) is 12.4.